The molecule has 78 valence electrons. The molecule has 1 aliphatic rings. The summed E-state index contributed by atoms with van der Waals surface area (Å²) >= 11 is 0. The van der Waals surface area contributed by atoms with Gasteiger partial charge in [0.25, 0.3) is 0 Å². The van der Waals surface area contributed by atoms with E-state index < -0.39 is 0 Å². The highest BCUT2D eigenvalue weighted by molar-refractivity contribution is 4.81. The fourth-order valence-corrected chi connectivity index (χ4v) is 2.18. The molecule has 2 heteroatoms. The predicted molar refractivity (Wildman–Crippen MR) is 55.9 cm³/mol. The summed E-state index contributed by atoms with van der Waals surface area (Å²) in [4.78, 5) is 0. The van der Waals surface area contributed by atoms with Gasteiger partial charge in [-0.3, -0.25) is 0 Å². The van der Waals surface area contributed by atoms with Crippen LogP contribution in [-0.4, -0.2) is 25.8 Å². The molecule has 0 aliphatic heterocycles. The monoisotopic (exact) mass is 185 g/mol. The molecule has 0 saturated heterocycles. The minimum atomic E-state index is 0.556. The molecule has 3 atom stereocenters. The van der Waals surface area contributed by atoms with E-state index in [1.54, 1.807) is 7.11 Å². The van der Waals surface area contributed by atoms with Crippen LogP contribution in [0, 0.1) is 5.92 Å². The standard InChI is InChI=1S/C11H23NO/c1-4-10(8-13-3)12-11-6-5-9(2)7-11/h9-12H,4-8H2,1-3H3. The first kappa shape index (κ1) is 11.0. The molecule has 0 radical (unpaired) electrons. The third-order valence-corrected chi connectivity index (χ3v) is 3.03. The van der Waals surface area contributed by atoms with Gasteiger partial charge >= 0.3 is 0 Å². The van der Waals surface area contributed by atoms with Crippen LogP contribution in [0.2, 0.25) is 0 Å². The van der Waals surface area contributed by atoms with Crippen LogP contribution in [0.4, 0.5) is 0 Å². The lowest BCUT2D eigenvalue weighted by Gasteiger charge is -2.21. The van der Waals surface area contributed by atoms with Gasteiger partial charge in [0, 0.05) is 19.2 Å². The van der Waals surface area contributed by atoms with Gasteiger partial charge in [-0.25, -0.2) is 0 Å². The topological polar surface area (TPSA) is 21.3 Å². The molecular weight excluding hydrogens is 162 g/mol. The summed E-state index contributed by atoms with van der Waals surface area (Å²) in [6.07, 6.45) is 5.25. The van der Waals surface area contributed by atoms with Crippen molar-refractivity contribution in [1.29, 1.82) is 0 Å². The number of ether oxygens (including phenoxy) is 1. The second-order valence-corrected chi connectivity index (χ2v) is 4.34. The molecule has 0 heterocycles. The highest BCUT2D eigenvalue weighted by Gasteiger charge is 2.22. The van der Waals surface area contributed by atoms with Crippen LogP contribution in [0.3, 0.4) is 0 Å². The quantitative estimate of drug-likeness (QED) is 0.709. The summed E-state index contributed by atoms with van der Waals surface area (Å²) in [5.41, 5.74) is 0. The third-order valence-electron chi connectivity index (χ3n) is 3.03. The summed E-state index contributed by atoms with van der Waals surface area (Å²) in [7, 11) is 1.78. The van der Waals surface area contributed by atoms with E-state index in [1.165, 1.54) is 25.7 Å². The predicted octanol–water partition coefficient (Wildman–Crippen LogP) is 2.19. The molecule has 2 nitrogen and oxygen atoms in total. The highest BCUT2D eigenvalue weighted by Crippen LogP contribution is 2.25. The van der Waals surface area contributed by atoms with Crippen LogP contribution in [0.25, 0.3) is 0 Å². The molecule has 0 aromatic carbocycles. The molecule has 1 fully saturated rings. The third kappa shape index (κ3) is 3.65. The van der Waals surface area contributed by atoms with Crippen LogP contribution in [0.5, 0.6) is 0 Å². The van der Waals surface area contributed by atoms with Crippen molar-refractivity contribution < 1.29 is 4.74 Å². The zero-order chi connectivity index (χ0) is 9.68. The fraction of sp³-hybridized carbons (Fsp3) is 1.00. The maximum absolute atomic E-state index is 5.17. The van der Waals surface area contributed by atoms with Crippen LogP contribution in [-0.2, 0) is 4.74 Å². The summed E-state index contributed by atoms with van der Waals surface area (Å²) in [6.45, 7) is 5.41. The maximum atomic E-state index is 5.17. The molecule has 1 saturated carbocycles. The van der Waals surface area contributed by atoms with Crippen molar-refractivity contribution in [3.8, 4) is 0 Å². The molecule has 13 heavy (non-hydrogen) atoms. The van der Waals surface area contributed by atoms with Gasteiger partial charge in [-0.1, -0.05) is 13.8 Å². The van der Waals surface area contributed by atoms with E-state index in [9.17, 15) is 0 Å². The maximum Gasteiger partial charge on any atom is 0.0615 e. The highest BCUT2D eigenvalue weighted by atomic mass is 16.5. The van der Waals surface area contributed by atoms with E-state index in [1.807, 2.05) is 0 Å². The molecular formula is C11H23NO. The van der Waals surface area contributed by atoms with Crippen LogP contribution in [0.15, 0.2) is 0 Å². The van der Waals surface area contributed by atoms with E-state index in [0.29, 0.717) is 6.04 Å². The Kier molecular flexibility index (Phi) is 4.74. The summed E-state index contributed by atoms with van der Waals surface area (Å²) in [5.74, 6) is 0.914. The van der Waals surface area contributed by atoms with Gasteiger partial charge in [0.2, 0.25) is 0 Å². The Labute approximate surface area is 82.0 Å². The first-order chi connectivity index (χ1) is 6.26. The van der Waals surface area contributed by atoms with E-state index in [2.05, 4.69) is 19.2 Å². The second kappa shape index (κ2) is 5.61. The Morgan fingerprint density at radius 3 is 2.69 bits per heavy atom. The van der Waals surface area contributed by atoms with Gasteiger partial charge < -0.3 is 10.1 Å². The number of rotatable bonds is 5. The molecule has 1 aliphatic carbocycles. The van der Waals surface area contributed by atoms with Crippen LogP contribution in [0.1, 0.15) is 39.5 Å². The smallest absolute Gasteiger partial charge is 0.0615 e. The zero-order valence-electron chi connectivity index (χ0n) is 9.18. The largest absolute Gasteiger partial charge is 0.383 e. The SMILES string of the molecule is CCC(COC)NC1CCC(C)C1. The molecule has 0 aromatic rings. The van der Waals surface area contributed by atoms with Crippen LogP contribution < -0.4 is 5.32 Å². The Morgan fingerprint density at radius 2 is 2.23 bits per heavy atom. The normalized spacial score (nSPS) is 30.7. The molecule has 0 aromatic heterocycles. The molecule has 1 rings (SSSR count). The van der Waals surface area contributed by atoms with Gasteiger partial charge in [0.15, 0.2) is 0 Å². The lowest BCUT2D eigenvalue weighted by molar-refractivity contribution is 0.158. The van der Waals surface area contributed by atoms with Gasteiger partial charge in [-0.15, -0.1) is 0 Å². The van der Waals surface area contributed by atoms with E-state index >= 15 is 0 Å². The lowest BCUT2D eigenvalue weighted by Crippen LogP contribution is -2.39. The summed E-state index contributed by atoms with van der Waals surface area (Å²) in [6, 6.07) is 1.30. The molecule has 3 unspecified atom stereocenters. The van der Waals surface area contributed by atoms with Crippen LogP contribution >= 0.6 is 0 Å². The minimum Gasteiger partial charge on any atom is -0.383 e. The summed E-state index contributed by atoms with van der Waals surface area (Å²) < 4.78 is 5.17. The molecule has 1 N–H and O–H groups in total. The van der Waals surface area contributed by atoms with Gasteiger partial charge in [0.05, 0.1) is 6.61 Å². The van der Waals surface area contributed by atoms with Crippen molar-refractivity contribution in [2.24, 2.45) is 5.92 Å². The van der Waals surface area contributed by atoms with E-state index in [0.717, 1.165) is 18.6 Å². The average molecular weight is 185 g/mol. The van der Waals surface area contributed by atoms with Crippen molar-refractivity contribution in [3.05, 3.63) is 0 Å². The van der Waals surface area contributed by atoms with Crippen molar-refractivity contribution in [3.63, 3.8) is 0 Å². The first-order valence-corrected chi connectivity index (χ1v) is 5.51. The van der Waals surface area contributed by atoms with Crippen molar-refractivity contribution >= 4 is 0 Å². The van der Waals surface area contributed by atoms with Crippen molar-refractivity contribution in [1.82, 2.24) is 5.32 Å². The van der Waals surface area contributed by atoms with Crippen molar-refractivity contribution in [2.45, 2.75) is 51.6 Å². The van der Waals surface area contributed by atoms with Gasteiger partial charge in [-0.2, -0.15) is 0 Å². The zero-order valence-corrected chi connectivity index (χ0v) is 9.18. The van der Waals surface area contributed by atoms with E-state index in [4.69, 9.17) is 4.74 Å². The fourth-order valence-electron chi connectivity index (χ4n) is 2.18. The first-order valence-electron chi connectivity index (χ1n) is 5.51. The average Bonchev–Trinajstić information content (AvgIpc) is 2.50. The Morgan fingerprint density at radius 1 is 1.46 bits per heavy atom. The molecule has 0 spiro atoms. The van der Waals surface area contributed by atoms with Crippen molar-refractivity contribution in [2.75, 3.05) is 13.7 Å². The summed E-state index contributed by atoms with van der Waals surface area (Å²) in [5, 5.41) is 3.67. The Hall–Kier alpha value is -0.0800. The lowest BCUT2D eigenvalue weighted by atomic mass is 10.1. The minimum absolute atomic E-state index is 0.556. The number of nitrogens with one attached hydrogen (secondary N) is 1. The molecule has 0 amide bonds. The Bertz CT molecular complexity index is 136. The number of hydrogen-bond acceptors (Lipinski definition) is 2. The van der Waals surface area contributed by atoms with Gasteiger partial charge in [-0.05, 0) is 31.6 Å². The second-order valence-electron chi connectivity index (χ2n) is 4.34. The molecule has 0 bridgehead atoms. The van der Waals surface area contributed by atoms with E-state index in [-0.39, 0.29) is 0 Å². The Balaban J connectivity index is 2.21. The van der Waals surface area contributed by atoms with Gasteiger partial charge in [0.1, 0.15) is 0 Å². The number of methoxy groups -OCH3 is 1. The number of hydrogen-bond donors (Lipinski definition) is 1.